The first-order chi connectivity index (χ1) is 7.15. The Morgan fingerprint density at radius 2 is 1.56 bits per heavy atom. The molecule has 0 amide bonds. The zero-order valence-corrected chi connectivity index (χ0v) is 11.4. The number of unbranched alkanes of at least 4 members (excludes halogenated alkanes) is 1. The van der Waals surface area contributed by atoms with Crippen LogP contribution < -0.4 is 5.73 Å². The monoisotopic (exact) mass is 241 g/mol. The molecular weight excluding hydrogens is 218 g/mol. The number of hydrogen-bond acceptors (Lipinski definition) is 1. The van der Waals surface area contributed by atoms with E-state index in [1.165, 1.54) is 24.0 Å². The Bertz CT molecular complexity index is 279. The van der Waals surface area contributed by atoms with Gasteiger partial charge in [0.1, 0.15) is 0 Å². The van der Waals surface area contributed by atoms with Gasteiger partial charge in [-0.15, -0.1) is 12.4 Å². The molecule has 0 saturated carbocycles. The number of hydrogen-bond donors (Lipinski definition) is 1. The number of nitrogens with two attached hydrogens (primary N) is 1. The largest absolute Gasteiger partial charge is 0.324 e. The molecule has 1 aromatic rings. The quantitative estimate of drug-likeness (QED) is 0.811. The molecule has 0 bridgehead atoms. The summed E-state index contributed by atoms with van der Waals surface area (Å²) in [5.74, 6) is 0.603. The van der Waals surface area contributed by atoms with Crippen LogP contribution in [0.5, 0.6) is 0 Å². The fourth-order valence-electron chi connectivity index (χ4n) is 1.72. The fourth-order valence-corrected chi connectivity index (χ4v) is 1.72. The maximum absolute atomic E-state index is 6.11. The van der Waals surface area contributed by atoms with Gasteiger partial charge in [-0.1, -0.05) is 57.9 Å². The van der Waals surface area contributed by atoms with Crippen LogP contribution in [0.15, 0.2) is 24.3 Å². The third-order valence-electron chi connectivity index (χ3n) is 2.90. The minimum Gasteiger partial charge on any atom is -0.324 e. The molecule has 16 heavy (non-hydrogen) atoms. The minimum atomic E-state index is 0. The van der Waals surface area contributed by atoms with Gasteiger partial charge in [0, 0.05) is 6.04 Å². The Morgan fingerprint density at radius 3 is 2.00 bits per heavy atom. The Morgan fingerprint density at radius 1 is 1.06 bits per heavy atom. The Kier molecular flexibility index (Phi) is 7.44. The van der Waals surface area contributed by atoms with Crippen molar-refractivity contribution in [2.75, 3.05) is 0 Å². The van der Waals surface area contributed by atoms with Gasteiger partial charge in [-0.3, -0.25) is 0 Å². The van der Waals surface area contributed by atoms with E-state index in [4.69, 9.17) is 5.73 Å². The summed E-state index contributed by atoms with van der Waals surface area (Å²) in [5, 5.41) is 0. The molecule has 0 aromatic heterocycles. The van der Waals surface area contributed by atoms with Gasteiger partial charge in [0.15, 0.2) is 0 Å². The van der Waals surface area contributed by atoms with Crippen LogP contribution in [0.1, 0.15) is 63.1 Å². The standard InChI is InChI=1S/C14H23N.ClH/c1-4-5-6-14(15)13-9-7-12(8-10-13)11(2)3;/h7-11,14H,4-6,15H2,1-3H3;1H/t14-;/m0./s1. The number of halogens is 1. The average Bonchev–Trinajstić information content (AvgIpc) is 2.26. The third kappa shape index (κ3) is 4.54. The molecule has 1 atom stereocenters. The van der Waals surface area contributed by atoms with Crippen LogP contribution in [0.2, 0.25) is 0 Å². The van der Waals surface area contributed by atoms with Crippen LogP contribution >= 0.6 is 12.4 Å². The summed E-state index contributed by atoms with van der Waals surface area (Å²) < 4.78 is 0. The smallest absolute Gasteiger partial charge is 0.0294 e. The van der Waals surface area contributed by atoms with Gasteiger partial charge < -0.3 is 5.73 Å². The van der Waals surface area contributed by atoms with Crippen LogP contribution in [0.25, 0.3) is 0 Å². The number of benzene rings is 1. The molecule has 1 rings (SSSR count). The summed E-state index contributed by atoms with van der Waals surface area (Å²) in [6, 6.07) is 8.97. The lowest BCUT2D eigenvalue weighted by atomic mass is 9.97. The van der Waals surface area contributed by atoms with E-state index in [1.807, 2.05) is 0 Å². The van der Waals surface area contributed by atoms with Crippen LogP contribution in [-0.2, 0) is 0 Å². The first-order valence-corrected chi connectivity index (χ1v) is 6.00. The minimum absolute atomic E-state index is 0. The van der Waals surface area contributed by atoms with Crippen molar-refractivity contribution in [3.8, 4) is 0 Å². The van der Waals surface area contributed by atoms with Gasteiger partial charge in [-0.2, -0.15) is 0 Å². The molecule has 0 spiro atoms. The van der Waals surface area contributed by atoms with Crippen LogP contribution in [0.3, 0.4) is 0 Å². The second-order valence-corrected chi connectivity index (χ2v) is 4.57. The van der Waals surface area contributed by atoms with E-state index in [9.17, 15) is 0 Å². The highest BCUT2D eigenvalue weighted by Gasteiger charge is 2.05. The van der Waals surface area contributed by atoms with Crippen LogP contribution in [-0.4, -0.2) is 0 Å². The molecule has 1 nitrogen and oxygen atoms in total. The molecule has 92 valence electrons. The topological polar surface area (TPSA) is 26.0 Å². The van der Waals surface area contributed by atoms with Crippen molar-refractivity contribution in [3.63, 3.8) is 0 Å². The fraction of sp³-hybridized carbons (Fsp3) is 0.571. The molecule has 2 heteroatoms. The van der Waals surface area contributed by atoms with E-state index in [0.29, 0.717) is 5.92 Å². The first-order valence-electron chi connectivity index (χ1n) is 6.00. The van der Waals surface area contributed by atoms with Gasteiger partial charge in [0.05, 0.1) is 0 Å². The highest BCUT2D eigenvalue weighted by Crippen LogP contribution is 2.20. The molecule has 0 aliphatic carbocycles. The molecule has 0 unspecified atom stereocenters. The highest BCUT2D eigenvalue weighted by atomic mass is 35.5. The van der Waals surface area contributed by atoms with Crippen molar-refractivity contribution in [3.05, 3.63) is 35.4 Å². The number of rotatable bonds is 5. The normalized spacial score (nSPS) is 12.3. The van der Waals surface area contributed by atoms with Crippen LogP contribution in [0.4, 0.5) is 0 Å². The van der Waals surface area contributed by atoms with Crippen molar-refractivity contribution in [1.82, 2.24) is 0 Å². The zero-order chi connectivity index (χ0) is 11.3. The lowest BCUT2D eigenvalue weighted by molar-refractivity contribution is 0.603. The van der Waals surface area contributed by atoms with E-state index in [0.717, 1.165) is 6.42 Å². The van der Waals surface area contributed by atoms with E-state index in [-0.39, 0.29) is 18.4 Å². The Labute approximate surface area is 106 Å². The predicted molar refractivity (Wildman–Crippen MR) is 74.2 cm³/mol. The summed E-state index contributed by atoms with van der Waals surface area (Å²) >= 11 is 0. The molecule has 0 saturated heterocycles. The van der Waals surface area contributed by atoms with Crippen molar-refractivity contribution in [2.45, 2.75) is 52.0 Å². The van der Waals surface area contributed by atoms with Gasteiger partial charge in [0.2, 0.25) is 0 Å². The lowest BCUT2D eigenvalue weighted by Gasteiger charge is -2.13. The maximum atomic E-state index is 6.11. The Hall–Kier alpha value is -0.530. The molecule has 0 aliphatic heterocycles. The van der Waals surface area contributed by atoms with E-state index < -0.39 is 0 Å². The van der Waals surface area contributed by atoms with Crippen molar-refractivity contribution in [2.24, 2.45) is 5.73 Å². The third-order valence-corrected chi connectivity index (χ3v) is 2.90. The summed E-state index contributed by atoms with van der Waals surface area (Å²) in [4.78, 5) is 0. The van der Waals surface area contributed by atoms with Gasteiger partial charge in [-0.25, -0.2) is 0 Å². The van der Waals surface area contributed by atoms with Crippen molar-refractivity contribution in [1.29, 1.82) is 0 Å². The first kappa shape index (κ1) is 15.5. The average molecular weight is 242 g/mol. The Balaban J connectivity index is 0.00000225. The lowest BCUT2D eigenvalue weighted by Crippen LogP contribution is -2.09. The molecular formula is C14H24ClN. The summed E-state index contributed by atoms with van der Waals surface area (Å²) in [5.41, 5.74) is 8.77. The summed E-state index contributed by atoms with van der Waals surface area (Å²) in [6.07, 6.45) is 3.53. The zero-order valence-electron chi connectivity index (χ0n) is 10.6. The molecule has 0 radical (unpaired) electrons. The molecule has 0 heterocycles. The molecule has 1 aromatic carbocycles. The summed E-state index contributed by atoms with van der Waals surface area (Å²) in [7, 11) is 0. The SMILES string of the molecule is CCCC[C@H](N)c1ccc(C(C)C)cc1.Cl. The van der Waals surface area contributed by atoms with Crippen molar-refractivity contribution < 1.29 is 0 Å². The van der Waals surface area contributed by atoms with E-state index in [1.54, 1.807) is 0 Å². The second kappa shape index (κ2) is 7.70. The summed E-state index contributed by atoms with van der Waals surface area (Å²) in [6.45, 7) is 6.63. The predicted octanol–water partition coefficient (Wildman–Crippen LogP) is 4.42. The molecule has 0 fully saturated rings. The van der Waals surface area contributed by atoms with Gasteiger partial charge >= 0.3 is 0 Å². The van der Waals surface area contributed by atoms with Gasteiger partial charge in [0.25, 0.3) is 0 Å². The highest BCUT2D eigenvalue weighted by molar-refractivity contribution is 5.85. The van der Waals surface area contributed by atoms with Gasteiger partial charge in [-0.05, 0) is 23.5 Å². The maximum Gasteiger partial charge on any atom is 0.0294 e. The molecule has 0 aliphatic rings. The molecule has 2 N–H and O–H groups in total. The van der Waals surface area contributed by atoms with Crippen LogP contribution in [0, 0.1) is 0 Å². The second-order valence-electron chi connectivity index (χ2n) is 4.57. The van der Waals surface area contributed by atoms with E-state index >= 15 is 0 Å². The van der Waals surface area contributed by atoms with E-state index in [2.05, 4.69) is 45.0 Å². The van der Waals surface area contributed by atoms with Crippen molar-refractivity contribution >= 4 is 12.4 Å².